The van der Waals surface area contributed by atoms with Gasteiger partial charge in [-0.05, 0) is 24.3 Å². The van der Waals surface area contributed by atoms with Crippen molar-refractivity contribution in [3.63, 3.8) is 0 Å². The first kappa shape index (κ1) is 12.1. The van der Waals surface area contributed by atoms with Gasteiger partial charge in [-0.2, -0.15) is 0 Å². The number of pyridine rings is 2. The van der Waals surface area contributed by atoms with Gasteiger partial charge in [-0.15, -0.1) is 0 Å². The van der Waals surface area contributed by atoms with Crippen LogP contribution in [-0.4, -0.2) is 14.7 Å². The molecule has 102 valence electrons. The Hall–Kier alpha value is -2.66. The SMILES string of the molecule is O=c1c2nocc2c2ccc(Cl)cc2n1-c1cccnc1. The third kappa shape index (κ3) is 1.75. The van der Waals surface area contributed by atoms with E-state index in [1.54, 1.807) is 41.2 Å². The zero-order valence-corrected chi connectivity index (χ0v) is 11.4. The van der Waals surface area contributed by atoms with E-state index >= 15 is 0 Å². The first-order valence-electron chi connectivity index (χ1n) is 6.24. The van der Waals surface area contributed by atoms with Crippen LogP contribution >= 0.6 is 11.6 Å². The molecule has 0 N–H and O–H groups in total. The lowest BCUT2D eigenvalue weighted by atomic mass is 10.1. The molecule has 0 amide bonds. The molecule has 4 aromatic rings. The highest BCUT2D eigenvalue weighted by atomic mass is 35.5. The quantitative estimate of drug-likeness (QED) is 0.541. The predicted octanol–water partition coefficient (Wildman–Crippen LogP) is 3.18. The standard InChI is InChI=1S/C15H8ClN3O2/c16-9-3-4-11-12-8-21-18-14(12)15(20)19(13(11)6-9)10-2-1-5-17-7-10/h1-8H. The van der Waals surface area contributed by atoms with Gasteiger partial charge in [0.2, 0.25) is 0 Å². The summed E-state index contributed by atoms with van der Waals surface area (Å²) in [6, 6.07) is 8.95. The molecule has 0 bridgehead atoms. The average Bonchev–Trinajstić information content (AvgIpc) is 2.98. The van der Waals surface area contributed by atoms with Gasteiger partial charge in [-0.1, -0.05) is 22.8 Å². The molecule has 1 aromatic carbocycles. The Morgan fingerprint density at radius 2 is 2.10 bits per heavy atom. The summed E-state index contributed by atoms with van der Waals surface area (Å²) >= 11 is 6.09. The van der Waals surface area contributed by atoms with Gasteiger partial charge in [0, 0.05) is 16.6 Å². The molecule has 0 radical (unpaired) electrons. The third-order valence-electron chi connectivity index (χ3n) is 3.37. The normalized spacial score (nSPS) is 11.3. The Morgan fingerprint density at radius 3 is 2.90 bits per heavy atom. The van der Waals surface area contributed by atoms with Crippen LogP contribution in [0.5, 0.6) is 0 Å². The lowest BCUT2D eigenvalue weighted by molar-refractivity contribution is 0.427. The molecule has 21 heavy (non-hydrogen) atoms. The summed E-state index contributed by atoms with van der Waals surface area (Å²) in [5.74, 6) is 0. The molecule has 0 saturated carbocycles. The summed E-state index contributed by atoms with van der Waals surface area (Å²) in [4.78, 5) is 16.7. The highest BCUT2D eigenvalue weighted by Crippen LogP contribution is 2.26. The van der Waals surface area contributed by atoms with Gasteiger partial charge in [0.1, 0.15) is 6.26 Å². The molecule has 0 atom stereocenters. The zero-order chi connectivity index (χ0) is 14.4. The Kier molecular flexibility index (Phi) is 2.55. The fourth-order valence-corrected chi connectivity index (χ4v) is 2.62. The fraction of sp³-hybridized carbons (Fsp3) is 0. The molecule has 0 aliphatic rings. The second-order valence-corrected chi connectivity index (χ2v) is 5.03. The van der Waals surface area contributed by atoms with Gasteiger partial charge in [0.25, 0.3) is 5.56 Å². The maximum absolute atomic E-state index is 12.7. The van der Waals surface area contributed by atoms with Crippen LogP contribution < -0.4 is 5.56 Å². The van der Waals surface area contributed by atoms with Gasteiger partial charge < -0.3 is 4.52 Å². The van der Waals surface area contributed by atoms with Crippen LogP contribution in [0.4, 0.5) is 0 Å². The molecule has 0 spiro atoms. The maximum atomic E-state index is 12.7. The van der Waals surface area contributed by atoms with Crippen molar-refractivity contribution >= 4 is 33.4 Å². The monoisotopic (exact) mass is 297 g/mol. The number of hydrogen-bond donors (Lipinski definition) is 0. The first-order valence-corrected chi connectivity index (χ1v) is 6.62. The highest BCUT2D eigenvalue weighted by molar-refractivity contribution is 6.31. The topological polar surface area (TPSA) is 60.9 Å². The van der Waals surface area contributed by atoms with Crippen LogP contribution in [0.15, 0.2) is 58.3 Å². The second-order valence-electron chi connectivity index (χ2n) is 4.59. The van der Waals surface area contributed by atoms with Crippen molar-refractivity contribution in [2.24, 2.45) is 0 Å². The first-order chi connectivity index (χ1) is 10.3. The van der Waals surface area contributed by atoms with Crippen LogP contribution in [0.2, 0.25) is 5.02 Å². The summed E-state index contributed by atoms with van der Waals surface area (Å²) < 4.78 is 6.50. The van der Waals surface area contributed by atoms with E-state index in [-0.39, 0.29) is 11.1 Å². The van der Waals surface area contributed by atoms with Gasteiger partial charge >= 0.3 is 0 Å². The van der Waals surface area contributed by atoms with Gasteiger partial charge in [0.15, 0.2) is 5.52 Å². The van der Waals surface area contributed by atoms with E-state index in [0.29, 0.717) is 21.6 Å². The van der Waals surface area contributed by atoms with E-state index < -0.39 is 0 Å². The van der Waals surface area contributed by atoms with Crippen molar-refractivity contribution in [2.75, 3.05) is 0 Å². The molecule has 5 nitrogen and oxygen atoms in total. The van der Waals surface area contributed by atoms with Crippen LogP contribution in [0.1, 0.15) is 0 Å². The molecule has 4 rings (SSSR count). The number of hydrogen-bond acceptors (Lipinski definition) is 4. The molecule has 3 aromatic heterocycles. The van der Waals surface area contributed by atoms with E-state index in [2.05, 4.69) is 10.1 Å². The number of benzene rings is 1. The van der Waals surface area contributed by atoms with Gasteiger partial charge in [-0.25, -0.2) is 0 Å². The van der Waals surface area contributed by atoms with Gasteiger partial charge in [0.05, 0.1) is 22.8 Å². The molecular formula is C15H8ClN3O2. The van der Waals surface area contributed by atoms with Crippen LogP contribution in [-0.2, 0) is 0 Å². The van der Waals surface area contributed by atoms with Crippen molar-refractivity contribution in [3.8, 4) is 5.69 Å². The maximum Gasteiger partial charge on any atom is 0.285 e. The minimum atomic E-state index is -0.262. The zero-order valence-electron chi connectivity index (χ0n) is 10.7. The summed E-state index contributed by atoms with van der Waals surface area (Å²) in [5, 5.41) is 5.89. The molecule has 0 saturated heterocycles. The third-order valence-corrected chi connectivity index (χ3v) is 3.61. The smallest absolute Gasteiger partial charge is 0.285 e. The van der Waals surface area contributed by atoms with E-state index in [0.717, 1.165) is 5.39 Å². The number of nitrogens with zero attached hydrogens (tertiary/aromatic N) is 3. The molecular weight excluding hydrogens is 290 g/mol. The predicted molar refractivity (Wildman–Crippen MR) is 79.9 cm³/mol. The average molecular weight is 298 g/mol. The van der Waals surface area contributed by atoms with E-state index in [1.165, 1.54) is 6.26 Å². The number of aromatic nitrogens is 3. The van der Waals surface area contributed by atoms with E-state index in [4.69, 9.17) is 16.1 Å². The molecule has 0 aliphatic carbocycles. The minimum Gasteiger partial charge on any atom is -0.363 e. The van der Waals surface area contributed by atoms with Gasteiger partial charge in [-0.3, -0.25) is 14.3 Å². The van der Waals surface area contributed by atoms with Crippen LogP contribution in [0, 0.1) is 0 Å². The molecule has 0 unspecified atom stereocenters. The lowest BCUT2D eigenvalue weighted by Crippen LogP contribution is -2.19. The van der Waals surface area contributed by atoms with Crippen LogP contribution in [0.25, 0.3) is 27.5 Å². The Labute approximate surface area is 123 Å². The van der Waals surface area contributed by atoms with Crippen LogP contribution in [0.3, 0.4) is 0 Å². The summed E-state index contributed by atoms with van der Waals surface area (Å²) in [6.07, 6.45) is 4.74. The van der Waals surface area contributed by atoms with Crippen molar-refractivity contribution in [1.29, 1.82) is 0 Å². The van der Waals surface area contributed by atoms with Crippen molar-refractivity contribution in [1.82, 2.24) is 14.7 Å². The number of halogens is 1. The molecule has 0 aliphatic heterocycles. The van der Waals surface area contributed by atoms with Crippen molar-refractivity contribution < 1.29 is 4.52 Å². The Morgan fingerprint density at radius 1 is 1.19 bits per heavy atom. The van der Waals surface area contributed by atoms with Crippen molar-refractivity contribution in [3.05, 3.63) is 64.4 Å². The largest absolute Gasteiger partial charge is 0.363 e. The Balaban J connectivity index is 2.28. The van der Waals surface area contributed by atoms with E-state index in [9.17, 15) is 4.79 Å². The second kappa shape index (κ2) is 4.43. The lowest BCUT2D eigenvalue weighted by Gasteiger charge is -2.10. The Bertz CT molecular complexity index is 1020. The van der Waals surface area contributed by atoms with Crippen molar-refractivity contribution in [2.45, 2.75) is 0 Å². The molecule has 3 heterocycles. The number of rotatable bonds is 1. The minimum absolute atomic E-state index is 0.262. The molecule has 6 heteroatoms. The summed E-state index contributed by atoms with van der Waals surface area (Å²) in [5.41, 5.74) is 1.37. The summed E-state index contributed by atoms with van der Waals surface area (Å²) in [6.45, 7) is 0. The number of fused-ring (bicyclic) bond motifs is 3. The fourth-order valence-electron chi connectivity index (χ4n) is 2.46. The summed E-state index contributed by atoms with van der Waals surface area (Å²) in [7, 11) is 0. The molecule has 0 fully saturated rings. The highest BCUT2D eigenvalue weighted by Gasteiger charge is 2.15. The van der Waals surface area contributed by atoms with E-state index in [1.807, 2.05) is 6.07 Å².